The number of nitrogens with one attached hydrogen (secondary N) is 1. The van der Waals surface area contributed by atoms with Gasteiger partial charge in [0.05, 0.1) is 6.54 Å². The maximum Gasteiger partial charge on any atom is 0.399 e. The van der Waals surface area contributed by atoms with Crippen molar-refractivity contribution in [1.29, 1.82) is 0 Å². The van der Waals surface area contributed by atoms with Crippen LogP contribution in [0.1, 0.15) is 37.1 Å². The second-order valence-corrected chi connectivity index (χ2v) is 8.67. The van der Waals surface area contributed by atoms with E-state index in [2.05, 4.69) is 20.4 Å². The molecule has 0 saturated carbocycles. The molecular weight excluding hydrogens is 415 g/mol. The van der Waals surface area contributed by atoms with E-state index in [0.29, 0.717) is 12.4 Å². The zero-order valence-electron chi connectivity index (χ0n) is 18.2. The first-order chi connectivity index (χ1) is 15.5. The molecule has 1 fully saturated rings. The lowest BCUT2D eigenvalue weighted by Crippen LogP contribution is -2.41. The molecule has 1 aromatic heterocycles. The van der Waals surface area contributed by atoms with Crippen molar-refractivity contribution in [3.8, 4) is 0 Å². The number of aromatic nitrogens is 3. The minimum absolute atomic E-state index is 0.114. The standard InChI is InChI=1S/C24H30F3N5/c25-24(26,27)23(11-9-21(10-12-23)20-7-3-1-4-8-20)18-32-19-29-30-22(32)17-28-13-16-31-14-5-2-6-15-31/h1,3-4,7-11,19,28H,2,5-6,12-18H2. The average molecular weight is 446 g/mol. The predicted molar refractivity (Wildman–Crippen MR) is 119 cm³/mol. The maximum absolute atomic E-state index is 14.2. The number of hydrogen-bond acceptors (Lipinski definition) is 4. The molecule has 8 heteroatoms. The lowest BCUT2D eigenvalue weighted by molar-refractivity contribution is -0.209. The van der Waals surface area contributed by atoms with Gasteiger partial charge in [0.25, 0.3) is 0 Å². The van der Waals surface area contributed by atoms with Gasteiger partial charge in [0, 0.05) is 19.6 Å². The molecule has 2 aromatic rings. The van der Waals surface area contributed by atoms with Crippen LogP contribution in [0.4, 0.5) is 13.2 Å². The Morgan fingerprint density at radius 2 is 1.84 bits per heavy atom. The molecule has 1 aromatic carbocycles. The summed E-state index contributed by atoms with van der Waals surface area (Å²) >= 11 is 0. The van der Waals surface area contributed by atoms with E-state index in [4.69, 9.17) is 0 Å². The minimum Gasteiger partial charge on any atom is -0.315 e. The van der Waals surface area contributed by atoms with Crippen LogP contribution in [0.2, 0.25) is 0 Å². The molecule has 2 heterocycles. The second kappa shape index (κ2) is 10.0. The Bertz CT molecular complexity index is 929. The minimum atomic E-state index is -4.38. The van der Waals surface area contributed by atoms with E-state index in [1.165, 1.54) is 36.2 Å². The molecule has 172 valence electrons. The molecule has 1 saturated heterocycles. The number of allylic oxidation sites excluding steroid dienone is 4. The number of nitrogens with zero attached hydrogens (tertiary/aromatic N) is 4. The highest BCUT2D eigenvalue weighted by Crippen LogP contribution is 2.47. The molecule has 32 heavy (non-hydrogen) atoms. The SMILES string of the molecule is FC(F)(F)C1(Cn2cnnc2CNCCN2CCCCC2)C=CC(c2ccccc2)=CC1. The molecule has 4 rings (SSSR count). The van der Waals surface area contributed by atoms with Gasteiger partial charge in [-0.1, -0.05) is 55.0 Å². The Kier molecular flexibility index (Phi) is 7.10. The predicted octanol–water partition coefficient (Wildman–Crippen LogP) is 4.45. The first kappa shape index (κ1) is 22.7. The number of halogens is 3. The lowest BCUT2D eigenvalue weighted by atomic mass is 9.78. The van der Waals surface area contributed by atoms with Crippen molar-refractivity contribution in [2.75, 3.05) is 26.2 Å². The quantitative estimate of drug-likeness (QED) is 0.610. The van der Waals surface area contributed by atoms with Crippen molar-refractivity contribution in [3.63, 3.8) is 0 Å². The van der Waals surface area contributed by atoms with Crippen LogP contribution in [0.3, 0.4) is 0 Å². The van der Waals surface area contributed by atoms with Crippen LogP contribution < -0.4 is 5.32 Å². The van der Waals surface area contributed by atoms with E-state index in [1.807, 2.05) is 30.3 Å². The highest BCUT2D eigenvalue weighted by Gasteiger charge is 2.53. The first-order valence-corrected chi connectivity index (χ1v) is 11.3. The van der Waals surface area contributed by atoms with Crippen molar-refractivity contribution in [2.45, 2.75) is 44.9 Å². The van der Waals surface area contributed by atoms with E-state index in [9.17, 15) is 13.2 Å². The topological polar surface area (TPSA) is 46.0 Å². The van der Waals surface area contributed by atoms with E-state index in [-0.39, 0.29) is 13.0 Å². The van der Waals surface area contributed by atoms with Gasteiger partial charge in [-0.25, -0.2) is 0 Å². The molecule has 1 N–H and O–H groups in total. The number of benzene rings is 1. The van der Waals surface area contributed by atoms with Gasteiger partial charge in [-0.05, 0) is 43.5 Å². The molecule has 5 nitrogen and oxygen atoms in total. The first-order valence-electron chi connectivity index (χ1n) is 11.3. The van der Waals surface area contributed by atoms with Gasteiger partial charge in [0.15, 0.2) is 0 Å². The van der Waals surface area contributed by atoms with Crippen molar-refractivity contribution in [1.82, 2.24) is 25.0 Å². The van der Waals surface area contributed by atoms with Crippen LogP contribution in [-0.2, 0) is 13.1 Å². The highest BCUT2D eigenvalue weighted by atomic mass is 19.4. The van der Waals surface area contributed by atoms with Crippen LogP contribution in [-0.4, -0.2) is 52.0 Å². The summed E-state index contributed by atoms with van der Waals surface area (Å²) in [5.41, 5.74) is -0.243. The summed E-state index contributed by atoms with van der Waals surface area (Å²) in [7, 11) is 0. The Balaban J connectivity index is 1.40. The summed E-state index contributed by atoms with van der Waals surface area (Å²) in [5, 5.41) is 11.3. The summed E-state index contributed by atoms with van der Waals surface area (Å²) in [6.45, 7) is 4.13. The fourth-order valence-corrected chi connectivity index (χ4v) is 4.41. The van der Waals surface area contributed by atoms with Crippen LogP contribution in [0.25, 0.3) is 5.57 Å². The smallest absolute Gasteiger partial charge is 0.315 e. The molecule has 1 aliphatic carbocycles. The van der Waals surface area contributed by atoms with Gasteiger partial charge in [0.2, 0.25) is 0 Å². The Labute approximate surface area is 187 Å². The third kappa shape index (κ3) is 5.30. The molecule has 0 radical (unpaired) electrons. The number of hydrogen-bond donors (Lipinski definition) is 1. The van der Waals surface area contributed by atoms with Crippen LogP contribution in [0.5, 0.6) is 0 Å². The number of likely N-dealkylation sites (tertiary alicyclic amines) is 1. The number of piperidine rings is 1. The average Bonchev–Trinajstić information content (AvgIpc) is 3.24. The van der Waals surface area contributed by atoms with E-state index in [1.54, 1.807) is 12.2 Å². The normalized spacial score (nSPS) is 22.2. The fourth-order valence-electron chi connectivity index (χ4n) is 4.41. The zero-order valence-corrected chi connectivity index (χ0v) is 18.2. The van der Waals surface area contributed by atoms with Crippen molar-refractivity contribution in [2.24, 2.45) is 5.41 Å². The van der Waals surface area contributed by atoms with Gasteiger partial charge in [-0.3, -0.25) is 0 Å². The molecule has 0 spiro atoms. The van der Waals surface area contributed by atoms with Crippen LogP contribution >= 0.6 is 0 Å². The third-order valence-corrected chi connectivity index (χ3v) is 6.42. The zero-order chi connectivity index (χ0) is 22.4. The van der Waals surface area contributed by atoms with Crippen LogP contribution in [0, 0.1) is 5.41 Å². The Hall–Kier alpha value is -2.45. The number of alkyl halides is 3. The molecule has 0 bridgehead atoms. The molecular formula is C24H30F3N5. The van der Waals surface area contributed by atoms with Gasteiger partial charge in [0.1, 0.15) is 17.6 Å². The van der Waals surface area contributed by atoms with Crippen molar-refractivity contribution >= 4 is 5.57 Å². The van der Waals surface area contributed by atoms with E-state index < -0.39 is 11.6 Å². The summed E-state index contributed by atoms with van der Waals surface area (Å²) in [6, 6.07) is 9.48. The van der Waals surface area contributed by atoms with E-state index in [0.717, 1.165) is 37.3 Å². The lowest BCUT2D eigenvalue weighted by Gasteiger charge is -2.35. The Morgan fingerprint density at radius 3 is 2.53 bits per heavy atom. The van der Waals surface area contributed by atoms with Crippen LogP contribution in [0.15, 0.2) is 54.9 Å². The molecule has 2 aliphatic rings. The van der Waals surface area contributed by atoms with Crippen molar-refractivity contribution in [3.05, 3.63) is 66.3 Å². The van der Waals surface area contributed by atoms with E-state index >= 15 is 0 Å². The summed E-state index contributed by atoms with van der Waals surface area (Å²) in [5.74, 6) is 0.526. The number of rotatable bonds is 8. The maximum atomic E-state index is 14.2. The molecule has 1 aliphatic heterocycles. The van der Waals surface area contributed by atoms with Gasteiger partial charge >= 0.3 is 6.18 Å². The molecule has 0 amide bonds. The summed E-state index contributed by atoms with van der Waals surface area (Å²) < 4.78 is 44.2. The highest BCUT2D eigenvalue weighted by molar-refractivity contribution is 5.75. The summed E-state index contributed by atoms with van der Waals surface area (Å²) in [4.78, 5) is 2.42. The summed E-state index contributed by atoms with van der Waals surface area (Å²) in [6.07, 6.45) is 5.26. The van der Waals surface area contributed by atoms with Crippen molar-refractivity contribution < 1.29 is 13.2 Å². The molecule has 1 atom stereocenters. The largest absolute Gasteiger partial charge is 0.399 e. The molecule has 1 unspecified atom stereocenters. The van der Waals surface area contributed by atoms with Gasteiger partial charge in [-0.15, -0.1) is 10.2 Å². The Morgan fingerprint density at radius 1 is 1.06 bits per heavy atom. The van der Waals surface area contributed by atoms with Gasteiger partial charge < -0.3 is 14.8 Å². The third-order valence-electron chi connectivity index (χ3n) is 6.42. The van der Waals surface area contributed by atoms with Gasteiger partial charge in [-0.2, -0.15) is 13.2 Å². The monoisotopic (exact) mass is 445 g/mol. The fraction of sp³-hybridized carbons (Fsp3) is 0.500. The second-order valence-electron chi connectivity index (χ2n) is 8.67.